The van der Waals surface area contributed by atoms with Crippen molar-refractivity contribution in [1.29, 1.82) is 0 Å². The highest BCUT2D eigenvalue weighted by Crippen LogP contribution is 2.24. The molecule has 8 heteroatoms. The molecule has 0 bridgehead atoms. The van der Waals surface area contributed by atoms with Crippen LogP contribution in [0.1, 0.15) is 17.2 Å². The van der Waals surface area contributed by atoms with Crippen LogP contribution >= 0.6 is 24.0 Å². The average molecular weight is 489 g/mol. The average Bonchev–Trinajstić information content (AvgIpc) is 3.09. The van der Waals surface area contributed by atoms with Crippen molar-refractivity contribution < 1.29 is 18.3 Å². The molecule has 0 radical (unpaired) electrons. The second-order valence-corrected chi connectivity index (χ2v) is 5.92. The zero-order chi connectivity index (χ0) is 18.5. The number of nitrogens with one attached hydrogen (secondary N) is 2. The molecule has 0 saturated heterocycles. The highest BCUT2D eigenvalue weighted by molar-refractivity contribution is 14.0. The molecule has 5 nitrogen and oxygen atoms in total. The van der Waals surface area contributed by atoms with Gasteiger partial charge in [0.1, 0.15) is 23.1 Å². The first-order valence-corrected chi connectivity index (χ1v) is 8.31. The molecule has 1 heterocycles. The molecule has 1 unspecified atom stereocenters. The summed E-state index contributed by atoms with van der Waals surface area (Å²) >= 11 is 0. The van der Waals surface area contributed by atoms with Crippen molar-refractivity contribution in [3.8, 4) is 11.5 Å². The first-order valence-electron chi connectivity index (χ1n) is 8.31. The minimum Gasteiger partial charge on any atom is -0.497 e. The van der Waals surface area contributed by atoms with Gasteiger partial charge in [-0.25, -0.2) is 8.78 Å². The van der Waals surface area contributed by atoms with Crippen LogP contribution in [0.15, 0.2) is 41.4 Å². The summed E-state index contributed by atoms with van der Waals surface area (Å²) in [6.07, 6.45) is 0.715. The number of aliphatic imine (C=N–C) groups is 1. The molecule has 0 amide bonds. The Labute approximate surface area is 174 Å². The van der Waals surface area contributed by atoms with Crippen LogP contribution < -0.4 is 20.1 Å². The highest BCUT2D eigenvalue weighted by Gasteiger charge is 2.24. The molecule has 2 N–H and O–H groups in total. The molecule has 0 saturated carbocycles. The zero-order valence-electron chi connectivity index (χ0n) is 15.1. The van der Waals surface area contributed by atoms with E-state index in [9.17, 15) is 8.78 Å². The van der Waals surface area contributed by atoms with Gasteiger partial charge in [0, 0.05) is 18.2 Å². The number of hydrogen-bond acceptors (Lipinski definition) is 5. The van der Waals surface area contributed by atoms with E-state index in [0.29, 0.717) is 18.9 Å². The van der Waals surface area contributed by atoms with Gasteiger partial charge in [-0.15, -0.1) is 24.0 Å². The predicted octanol–water partition coefficient (Wildman–Crippen LogP) is 3.43. The summed E-state index contributed by atoms with van der Waals surface area (Å²) in [5.41, 5.74) is 1.06. The molecule has 0 aromatic heterocycles. The van der Waals surface area contributed by atoms with Crippen molar-refractivity contribution in [3.63, 3.8) is 0 Å². The first kappa shape index (κ1) is 21.2. The highest BCUT2D eigenvalue weighted by atomic mass is 127. The molecular formula is C19H22F2IN3O2. The van der Waals surface area contributed by atoms with E-state index >= 15 is 0 Å². The lowest BCUT2D eigenvalue weighted by molar-refractivity contribution is 0.393. The number of ether oxygens (including phenoxy) is 2. The van der Waals surface area contributed by atoms with Crippen LogP contribution in [0, 0.1) is 11.6 Å². The molecule has 0 aliphatic carbocycles. The fourth-order valence-corrected chi connectivity index (χ4v) is 2.89. The normalized spacial score (nSPS) is 15.4. The molecule has 2 aromatic rings. The molecule has 2 aromatic carbocycles. The minimum atomic E-state index is -0.567. The molecule has 0 fully saturated rings. The molecule has 27 heavy (non-hydrogen) atoms. The van der Waals surface area contributed by atoms with Crippen LogP contribution in [0.5, 0.6) is 11.5 Å². The zero-order valence-corrected chi connectivity index (χ0v) is 17.4. The van der Waals surface area contributed by atoms with E-state index in [1.807, 2.05) is 18.2 Å². The Morgan fingerprint density at radius 2 is 1.74 bits per heavy atom. The Morgan fingerprint density at radius 3 is 2.33 bits per heavy atom. The number of rotatable bonds is 6. The number of methoxy groups -OCH3 is 2. The second-order valence-electron chi connectivity index (χ2n) is 5.92. The lowest BCUT2D eigenvalue weighted by Crippen LogP contribution is -2.36. The van der Waals surface area contributed by atoms with Crippen molar-refractivity contribution in [2.75, 3.05) is 27.3 Å². The van der Waals surface area contributed by atoms with Gasteiger partial charge in [0.25, 0.3) is 0 Å². The number of hydrogen-bond donors (Lipinski definition) is 2. The number of halogens is 3. The molecule has 1 aliphatic heterocycles. The van der Waals surface area contributed by atoms with Crippen molar-refractivity contribution in [1.82, 2.24) is 10.6 Å². The van der Waals surface area contributed by atoms with Gasteiger partial charge in [0.05, 0.1) is 26.8 Å². The van der Waals surface area contributed by atoms with E-state index in [2.05, 4.69) is 15.6 Å². The number of guanidine groups is 1. The van der Waals surface area contributed by atoms with Crippen LogP contribution in [0.3, 0.4) is 0 Å². The van der Waals surface area contributed by atoms with Gasteiger partial charge in [-0.2, -0.15) is 0 Å². The van der Waals surface area contributed by atoms with Gasteiger partial charge in [0.15, 0.2) is 5.96 Å². The summed E-state index contributed by atoms with van der Waals surface area (Å²) in [5, 5.41) is 6.19. The maximum atomic E-state index is 13.9. The first-order chi connectivity index (χ1) is 12.6. The summed E-state index contributed by atoms with van der Waals surface area (Å²) in [7, 11) is 3.21. The van der Waals surface area contributed by atoms with Crippen LogP contribution in [0.4, 0.5) is 8.78 Å². The SMILES string of the molecule is COc1cc(CCNC2=NCC(c3c(F)cccc3F)N2)cc(OC)c1.I. The lowest BCUT2D eigenvalue weighted by Gasteiger charge is -2.15. The van der Waals surface area contributed by atoms with Crippen molar-refractivity contribution >= 4 is 29.9 Å². The molecule has 1 aliphatic rings. The van der Waals surface area contributed by atoms with E-state index in [1.54, 1.807) is 14.2 Å². The van der Waals surface area contributed by atoms with Crippen LogP contribution in [-0.2, 0) is 6.42 Å². The van der Waals surface area contributed by atoms with E-state index in [0.717, 1.165) is 17.1 Å². The van der Waals surface area contributed by atoms with Crippen molar-refractivity contribution in [3.05, 3.63) is 59.2 Å². The standard InChI is InChI=1S/C19H21F2N3O2.HI/c1-25-13-8-12(9-14(10-13)26-2)6-7-22-19-23-11-17(24-19)18-15(20)4-3-5-16(18)21;/h3-5,8-10,17H,6-7,11H2,1-2H3,(H2,22,23,24);1H. The third-order valence-corrected chi connectivity index (χ3v) is 4.21. The fourth-order valence-electron chi connectivity index (χ4n) is 2.89. The van der Waals surface area contributed by atoms with Gasteiger partial charge < -0.3 is 20.1 Å². The number of benzene rings is 2. The summed E-state index contributed by atoms with van der Waals surface area (Å²) in [6, 6.07) is 9.04. The van der Waals surface area contributed by atoms with Crippen LogP contribution in [0.2, 0.25) is 0 Å². The third-order valence-electron chi connectivity index (χ3n) is 4.21. The summed E-state index contributed by atoms with van der Waals surface area (Å²) in [4.78, 5) is 4.29. The molecule has 1 atom stereocenters. The lowest BCUT2D eigenvalue weighted by atomic mass is 10.1. The van der Waals surface area contributed by atoms with Gasteiger partial charge >= 0.3 is 0 Å². The van der Waals surface area contributed by atoms with Gasteiger partial charge in [-0.05, 0) is 36.2 Å². The molecular weight excluding hydrogens is 467 g/mol. The Hall–Kier alpha value is -2.10. The number of nitrogens with zero attached hydrogens (tertiary/aromatic N) is 1. The smallest absolute Gasteiger partial charge is 0.191 e. The second kappa shape index (κ2) is 9.72. The summed E-state index contributed by atoms with van der Waals surface area (Å²) in [6.45, 7) is 0.891. The minimum absolute atomic E-state index is 0. The maximum Gasteiger partial charge on any atom is 0.191 e. The quantitative estimate of drug-likeness (QED) is 0.611. The molecule has 146 valence electrons. The van der Waals surface area contributed by atoms with E-state index in [1.165, 1.54) is 18.2 Å². The monoisotopic (exact) mass is 489 g/mol. The van der Waals surface area contributed by atoms with E-state index in [-0.39, 0.29) is 36.1 Å². The Bertz CT molecular complexity index is 775. The largest absolute Gasteiger partial charge is 0.497 e. The summed E-state index contributed by atoms with van der Waals surface area (Å²) in [5.74, 6) is 0.855. The summed E-state index contributed by atoms with van der Waals surface area (Å²) < 4.78 is 38.3. The predicted molar refractivity (Wildman–Crippen MR) is 111 cm³/mol. The van der Waals surface area contributed by atoms with Crippen molar-refractivity contribution in [2.24, 2.45) is 4.99 Å². The molecule has 3 rings (SSSR count). The molecule has 0 spiro atoms. The fraction of sp³-hybridized carbons (Fsp3) is 0.316. The topological polar surface area (TPSA) is 54.9 Å². The van der Waals surface area contributed by atoms with Gasteiger partial charge in [-0.1, -0.05) is 6.07 Å². The van der Waals surface area contributed by atoms with Gasteiger partial charge in [0.2, 0.25) is 0 Å². The van der Waals surface area contributed by atoms with Crippen LogP contribution in [0.25, 0.3) is 0 Å². The van der Waals surface area contributed by atoms with E-state index < -0.39 is 17.7 Å². The van der Waals surface area contributed by atoms with Crippen molar-refractivity contribution in [2.45, 2.75) is 12.5 Å². The van der Waals surface area contributed by atoms with E-state index in [4.69, 9.17) is 9.47 Å². The van der Waals surface area contributed by atoms with Gasteiger partial charge in [-0.3, -0.25) is 4.99 Å². The Balaban J connectivity index is 0.00000261. The third kappa shape index (κ3) is 5.21. The Kier molecular flexibility index (Phi) is 7.64. The van der Waals surface area contributed by atoms with Crippen LogP contribution in [-0.4, -0.2) is 33.3 Å². The maximum absolute atomic E-state index is 13.9. The Morgan fingerprint density at radius 1 is 1.11 bits per heavy atom.